The molecule has 1 aliphatic rings. The van der Waals surface area contributed by atoms with Gasteiger partial charge in [-0.15, -0.1) is 0 Å². The Kier molecular flexibility index (Phi) is 5.36. The second-order valence-electron chi connectivity index (χ2n) is 5.07. The van der Waals surface area contributed by atoms with Crippen LogP contribution in [0.3, 0.4) is 0 Å². The average Bonchev–Trinajstić information content (AvgIpc) is 2.35. The molecule has 0 aromatic heterocycles. The van der Waals surface area contributed by atoms with E-state index in [0.717, 1.165) is 39.0 Å². The van der Waals surface area contributed by atoms with E-state index in [-0.39, 0.29) is 5.91 Å². The molecule has 0 bridgehead atoms. The maximum Gasteiger partial charge on any atom is 0.236 e. The highest BCUT2D eigenvalue weighted by atomic mass is 16.2. The highest BCUT2D eigenvalue weighted by Crippen LogP contribution is 2.09. The molecule has 0 atom stereocenters. The lowest BCUT2D eigenvalue weighted by Gasteiger charge is -2.33. The third kappa shape index (κ3) is 4.33. The number of benzene rings is 1. The van der Waals surface area contributed by atoms with Crippen LogP contribution in [-0.2, 0) is 11.3 Å². The van der Waals surface area contributed by atoms with E-state index in [4.69, 9.17) is 5.73 Å². The summed E-state index contributed by atoms with van der Waals surface area (Å²) in [4.78, 5) is 16.2. The lowest BCUT2D eigenvalue weighted by molar-refractivity contribution is -0.136. The Morgan fingerprint density at radius 3 is 2.58 bits per heavy atom. The number of nitrogens with zero attached hydrogens (tertiary/aromatic N) is 2. The number of carbonyl (C=O) groups excluding carboxylic acids is 1. The van der Waals surface area contributed by atoms with E-state index in [9.17, 15) is 4.79 Å². The van der Waals surface area contributed by atoms with Crippen molar-refractivity contribution in [3.63, 3.8) is 0 Å². The summed E-state index contributed by atoms with van der Waals surface area (Å²) in [6.45, 7) is 4.73. The average molecular weight is 261 g/mol. The van der Waals surface area contributed by atoms with Gasteiger partial charge in [-0.2, -0.15) is 0 Å². The summed E-state index contributed by atoms with van der Waals surface area (Å²) in [5.41, 5.74) is 6.82. The van der Waals surface area contributed by atoms with E-state index in [1.54, 1.807) is 0 Å². The Morgan fingerprint density at radius 2 is 2.00 bits per heavy atom. The molecule has 1 heterocycles. The fraction of sp³-hybridized carbons (Fsp3) is 0.533. The van der Waals surface area contributed by atoms with Crippen LogP contribution in [0.5, 0.6) is 0 Å². The molecule has 1 aromatic carbocycles. The summed E-state index contributed by atoms with van der Waals surface area (Å²) in [6.07, 6.45) is 2.08. The Balaban J connectivity index is 1.88. The predicted molar refractivity (Wildman–Crippen MR) is 76.6 cm³/mol. The first-order valence-electron chi connectivity index (χ1n) is 7.03. The zero-order chi connectivity index (χ0) is 13.5. The quantitative estimate of drug-likeness (QED) is 0.799. The Labute approximate surface area is 115 Å². The molecular weight excluding hydrogens is 238 g/mol. The third-order valence-electron chi connectivity index (χ3n) is 3.50. The number of hydrogen-bond acceptors (Lipinski definition) is 3. The Hall–Kier alpha value is -1.39. The Bertz CT molecular complexity index is 390. The van der Waals surface area contributed by atoms with Crippen LogP contribution in [0.1, 0.15) is 18.4 Å². The minimum atomic E-state index is 0.249. The first kappa shape index (κ1) is 14.0. The van der Waals surface area contributed by atoms with Gasteiger partial charge in [-0.25, -0.2) is 0 Å². The summed E-state index contributed by atoms with van der Waals surface area (Å²) in [6, 6.07) is 10.3. The van der Waals surface area contributed by atoms with Crippen LogP contribution in [0.2, 0.25) is 0 Å². The topological polar surface area (TPSA) is 49.6 Å². The molecular formula is C15H23N3O. The fourth-order valence-electron chi connectivity index (χ4n) is 2.23. The van der Waals surface area contributed by atoms with Gasteiger partial charge in [0.2, 0.25) is 5.91 Å². The van der Waals surface area contributed by atoms with Crippen molar-refractivity contribution in [2.45, 2.75) is 19.4 Å². The van der Waals surface area contributed by atoms with Crippen molar-refractivity contribution >= 4 is 5.91 Å². The molecule has 1 saturated heterocycles. The van der Waals surface area contributed by atoms with Gasteiger partial charge < -0.3 is 10.6 Å². The molecule has 0 spiro atoms. The maximum absolute atomic E-state index is 12.0. The second-order valence-corrected chi connectivity index (χ2v) is 5.07. The monoisotopic (exact) mass is 261 g/mol. The molecule has 19 heavy (non-hydrogen) atoms. The van der Waals surface area contributed by atoms with E-state index >= 15 is 0 Å². The molecule has 104 valence electrons. The second kappa shape index (κ2) is 7.26. The SMILES string of the molecule is NCCCN(CC(=O)N1CCC1)Cc1ccccc1. The molecule has 1 fully saturated rings. The van der Waals surface area contributed by atoms with Gasteiger partial charge in [-0.05, 0) is 24.9 Å². The molecule has 1 aromatic rings. The number of likely N-dealkylation sites (tertiary alicyclic amines) is 1. The van der Waals surface area contributed by atoms with E-state index < -0.39 is 0 Å². The molecule has 4 nitrogen and oxygen atoms in total. The molecule has 0 unspecified atom stereocenters. The molecule has 0 radical (unpaired) electrons. The molecule has 0 saturated carbocycles. The smallest absolute Gasteiger partial charge is 0.236 e. The minimum Gasteiger partial charge on any atom is -0.341 e. The van der Waals surface area contributed by atoms with E-state index in [1.165, 1.54) is 5.56 Å². The maximum atomic E-state index is 12.0. The van der Waals surface area contributed by atoms with Crippen molar-refractivity contribution in [2.24, 2.45) is 5.73 Å². The zero-order valence-corrected chi connectivity index (χ0v) is 11.4. The fourth-order valence-corrected chi connectivity index (χ4v) is 2.23. The number of nitrogens with two attached hydrogens (primary N) is 1. The van der Waals surface area contributed by atoms with Crippen LogP contribution in [0, 0.1) is 0 Å². The van der Waals surface area contributed by atoms with Gasteiger partial charge >= 0.3 is 0 Å². The highest BCUT2D eigenvalue weighted by Gasteiger charge is 2.22. The van der Waals surface area contributed by atoms with Crippen molar-refractivity contribution in [2.75, 3.05) is 32.7 Å². The summed E-state index contributed by atoms with van der Waals surface area (Å²) in [5, 5.41) is 0. The van der Waals surface area contributed by atoms with Gasteiger partial charge in [0.25, 0.3) is 0 Å². The largest absolute Gasteiger partial charge is 0.341 e. The first-order valence-corrected chi connectivity index (χ1v) is 7.03. The highest BCUT2D eigenvalue weighted by molar-refractivity contribution is 5.78. The third-order valence-corrected chi connectivity index (χ3v) is 3.50. The van der Waals surface area contributed by atoms with Gasteiger partial charge in [0, 0.05) is 26.2 Å². The Morgan fingerprint density at radius 1 is 1.26 bits per heavy atom. The van der Waals surface area contributed by atoms with Crippen LogP contribution >= 0.6 is 0 Å². The van der Waals surface area contributed by atoms with Crippen molar-refractivity contribution in [3.8, 4) is 0 Å². The van der Waals surface area contributed by atoms with Crippen molar-refractivity contribution in [3.05, 3.63) is 35.9 Å². The standard InChI is InChI=1S/C15H23N3O/c16-8-4-9-17(12-14-6-2-1-3-7-14)13-15(19)18-10-5-11-18/h1-3,6-7H,4-5,8-13,16H2. The number of carbonyl (C=O) groups is 1. The molecule has 0 aliphatic carbocycles. The lowest BCUT2D eigenvalue weighted by atomic mass is 10.2. The molecule has 1 amide bonds. The van der Waals surface area contributed by atoms with Crippen LogP contribution < -0.4 is 5.73 Å². The van der Waals surface area contributed by atoms with Crippen LogP contribution in [0.4, 0.5) is 0 Å². The molecule has 2 N–H and O–H groups in total. The predicted octanol–water partition coefficient (Wildman–Crippen LogP) is 1.07. The summed E-state index contributed by atoms with van der Waals surface area (Å²) < 4.78 is 0. The summed E-state index contributed by atoms with van der Waals surface area (Å²) >= 11 is 0. The molecule has 2 rings (SSSR count). The number of hydrogen-bond donors (Lipinski definition) is 1. The van der Waals surface area contributed by atoms with E-state index in [2.05, 4.69) is 17.0 Å². The van der Waals surface area contributed by atoms with E-state index in [1.807, 2.05) is 23.1 Å². The molecule has 4 heteroatoms. The van der Waals surface area contributed by atoms with Gasteiger partial charge in [-0.3, -0.25) is 9.69 Å². The van der Waals surface area contributed by atoms with Crippen LogP contribution in [-0.4, -0.2) is 48.4 Å². The summed E-state index contributed by atoms with van der Waals surface area (Å²) in [7, 11) is 0. The normalized spacial score (nSPS) is 14.5. The van der Waals surface area contributed by atoms with Gasteiger partial charge in [0.1, 0.15) is 0 Å². The van der Waals surface area contributed by atoms with Crippen molar-refractivity contribution < 1.29 is 4.79 Å². The van der Waals surface area contributed by atoms with Gasteiger partial charge in [0.15, 0.2) is 0 Å². The zero-order valence-electron chi connectivity index (χ0n) is 11.4. The number of rotatable bonds is 7. The molecule has 1 aliphatic heterocycles. The summed E-state index contributed by atoms with van der Waals surface area (Å²) in [5.74, 6) is 0.249. The minimum absolute atomic E-state index is 0.249. The van der Waals surface area contributed by atoms with Crippen LogP contribution in [0.15, 0.2) is 30.3 Å². The van der Waals surface area contributed by atoms with Crippen LogP contribution in [0.25, 0.3) is 0 Å². The number of amides is 1. The van der Waals surface area contributed by atoms with Gasteiger partial charge in [-0.1, -0.05) is 30.3 Å². The van der Waals surface area contributed by atoms with Crippen molar-refractivity contribution in [1.29, 1.82) is 0 Å². The lowest BCUT2D eigenvalue weighted by Crippen LogP contribution is -2.47. The first-order chi connectivity index (χ1) is 9.29. The van der Waals surface area contributed by atoms with E-state index in [0.29, 0.717) is 13.1 Å². The van der Waals surface area contributed by atoms with Crippen molar-refractivity contribution in [1.82, 2.24) is 9.80 Å². The van der Waals surface area contributed by atoms with Gasteiger partial charge in [0.05, 0.1) is 6.54 Å².